The standard InChI is InChI=1S/C7H8O4P/c8-5-6-2-1-3-7(4-6)12(9,10)11/h1-5,9-11H/q+1. The summed E-state index contributed by atoms with van der Waals surface area (Å²) in [5, 5.41) is -0.0212. The molecule has 1 aromatic rings. The Bertz CT molecular complexity index is 292. The van der Waals surface area contributed by atoms with Gasteiger partial charge in [0.25, 0.3) is 0 Å². The smallest absolute Gasteiger partial charge is 0.298 e. The first-order valence-corrected chi connectivity index (χ1v) is 4.82. The zero-order valence-electron chi connectivity index (χ0n) is 6.08. The molecule has 0 amide bonds. The van der Waals surface area contributed by atoms with Crippen molar-refractivity contribution in [2.45, 2.75) is 0 Å². The molecule has 0 aromatic heterocycles. The molecule has 0 aliphatic heterocycles. The van der Waals surface area contributed by atoms with Gasteiger partial charge in [0.05, 0.1) is 0 Å². The molecule has 0 spiro atoms. The number of aldehydes is 1. The Morgan fingerprint density at radius 1 is 1.25 bits per heavy atom. The monoisotopic (exact) mass is 187 g/mol. The third-order valence-electron chi connectivity index (χ3n) is 1.35. The maximum atomic E-state index is 10.3. The fraction of sp³-hybridized carbons (Fsp3) is 0. The first-order valence-electron chi connectivity index (χ1n) is 3.17. The Balaban J connectivity index is 3.10. The summed E-state index contributed by atoms with van der Waals surface area (Å²) in [6.07, 6.45) is 0.569. The molecule has 3 N–H and O–H groups in total. The van der Waals surface area contributed by atoms with E-state index in [-0.39, 0.29) is 5.30 Å². The Kier molecular flexibility index (Phi) is 2.55. The summed E-state index contributed by atoms with van der Waals surface area (Å²) in [6, 6.07) is 5.56. The van der Waals surface area contributed by atoms with Crippen LogP contribution in [-0.2, 0) is 0 Å². The first kappa shape index (κ1) is 9.29. The molecule has 0 aliphatic rings. The predicted molar refractivity (Wildman–Crippen MR) is 45.0 cm³/mol. The maximum Gasteiger partial charge on any atom is 0.440 e. The van der Waals surface area contributed by atoms with Crippen molar-refractivity contribution in [3.8, 4) is 0 Å². The Morgan fingerprint density at radius 3 is 2.42 bits per heavy atom. The number of hydrogen-bond donors (Lipinski definition) is 3. The van der Waals surface area contributed by atoms with Gasteiger partial charge in [0.15, 0.2) is 5.30 Å². The summed E-state index contributed by atoms with van der Waals surface area (Å²) >= 11 is 0. The van der Waals surface area contributed by atoms with Crippen LogP contribution in [0.3, 0.4) is 0 Å². The molecule has 0 heterocycles. The van der Waals surface area contributed by atoms with Crippen molar-refractivity contribution in [3.05, 3.63) is 29.8 Å². The number of hydrogen-bond acceptors (Lipinski definition) is 4. The second-order valence-corrected chi connectivity index (χ2v) is 3.93. The molecule has 0 radical (unpaired) electrons. The minimum absolute atomic E-state index is 0.0212. The molecular formula is C7H8O4P+. The van der Waals surface area contributed by atoms with E-state index in [1.807, 2.05) is 0 Å². The number of carbonyl (C=O) groups excluding carboxylic acids is 1. The second kappa shape index (κ2) is 3.29. The van der Waals surface area contributed by atoms with E-state index in [2.05, 4.69) is 0 Å². The fourth-order valence-corrected chi connectivity index (χ4v) is 1.39. The van der Waals surface area contributed by atoms with Gasteiger partial charge in [0, 0.05) is 5.56 Å². The normalized spacial score (nSPS) is 11.2. The lowest BCUT2D eigenvalue weighted by Crippen LogP contribution is -2.09. The van der Waals surface area contributed by atoms with Crippen molar-refractivity contribution in [2.24, 2.45) is 0 Å². The van der Waals surface area contributed by atoms with Gasteiger partial charge in [-0.3, -0.25) is 4.79 Å². The molecule has 5 heteroatoms. The highest BCUT2D eigenvalue weighted by Crippen LogP contribution is 2.42. The van der Waals surface area contributed by atoms with Crippen LogP contribution in [-0.4, -0.2) is 21.0 Å². The van der Waals surface area contributed by atoms with Gasteiger partial charge in [0.2, 0.25) is 0 Å². The van der Waals surface area contributed by atoms with Crippen molar-refractivity contribution in [3.63, 3.8) is 0 Å². The van der Waals surface area contributed by atoms with Crippen LogP contribution in [0.15, 0.2) is 24.3 Å². The highest BCUT2D eigenvalue weighted by atomic mass is 31.2. The topological polar surface area (TPSA) is 77.8 Å². The Labute approximate surface area is 69.7 Å². The van der Waals surface area contributed by atoms with Crippen LogP contribution >= 0.6 is 7.94 Å². The van der Waals surface area contributed by atoms with Crippen molar-refractivity contribution in [1.82, 2.24) is 0 Å². The lowest BCUT2D eigenvalue weighted by molar-refractivity contribution is 0.112. The van der Waals surface area contributed by atoms with E-state index in [4.69, 9.17) is 14.7 Å². The molecule has 4 nitrogen and oxygen atoms in total. The van der Waals surface area contributed by atoms with Crippen LogP contribution in [0.5, 0.6) is 0 Å². The molecule has 0 bridgehead atoms. The molecule has 0 saturated carbocycles. The van der Waals surface area contributed by atoms with Gasteiger partial charge < -0.3 is 0 Å². The summed E-state index contributed by atoms with van der Waals surface area (Å²) in [5.74, 6) is 0. The lowest BCUT2D eigenvalue weighted by atomic mass is 10.2. The highest BCUT2D eigenvalue weighted by molar-refractivity contribution is 7.66. The van der Waals surface area contributed by atoms with Gasteiger partial charge in [-0.1, -0.05) is 12.1 Å². The van der Waals surface area contributed by atoms with Gasteiger partial charge in [-0.15, -0.1) is 0 Å². The average molecular weight is 187 g/mol. The zero-order valence-corrected chi connectivity index (χ0v) is 6.98. The average Bonchev–Trinajstić information content (AvgIpc) is 2.03. The van der Waals surface area contributed by atoms with Crippen LogP contribution < -0.4 is 5.30 Å². The Morgan fingerprint density at radius 2 is 1.92 bits per heavy atom. The molecule has 0 fully saturated rings. The summed E-state index contributed by atoms with van der Waals surface area (Å²) < 4.78 is 0. The first-order chi connectivity index (χ1) is 5.54. The molecule has 64 valence electrons. The molecule has 1 rings (SSSR count). The van der Waals surface area contributed by atoms with E-state index in [1.54, 1.807) is 0 Å². The minimum atomic E-state index is -3.97. The van der Waals surface area contributed by atoms with Crippen LogP contribution in [0.1, 0.15) is 10.4 Å². The minimum Gasteiger partial charge on any atom is -0.298 e. The van der Waals surface area contributed by atoms with E-state index in [9.17, 15) is 4.79 Å². The van der Waals surface area contributed by atoms with Crippen molar-refractivity contribution in [1.29, 1.82) is 0 Å². The van der Waals surface area contributed by atoms with Gasteiger partial charge >= 0.3 is 7.94 Å². The maximum absolute atomic E-state index is 10.3. The van der Waals surface area contributed by atoms with Gasteiger partial charge in [-0.25, -0.2) is 0 Å². The molecule has 12 heavy (non-hydrogen) atoms. The van der Waals surface area contributed by atoms with E-state index >= 15 is 0 Å². The highest BCUT2D eigenvalue weighted by Gasteiger charge is 2.33. The van der Waals surface area contributed by atoms with Gasteiger partial charge in [0.1, 0.15) is 6.29 Å². The molecular weight excluding hydrogens is 179 g/mol. The van der Waals surface area contributed by atoms with Gasteiger partial charge in [-0.2, -0.15) is 14.7 Å². The predicted octanol–water partition coefficient (Wildman–Crippen LogP) is -0.136. The number of benzene rings is 1. The van der Waals surface area contributed by atoms with E-state index in [1.165, 1.54) is 24.3 Å². The molecule has 0 aliphatic carbocycles. The summed E-state index contributed by atoms with van der Waals surface area (Å²) in [4.78, 5) is 36.7. The SMILES string of the molecule is O=Cc1cccc([P+](O)(O)O)c1. The van der Waals surface area contributed by atoms with Crippen LogP contribution in [0.4, 0.5) is 0 Å². The molecule has 0 atom stereocenters. The molecule has 0 saturated heterocycles. The summed E-state index contributed by atoms with van der Waals surface area (Å²) in [7, 11) is -3.97. The number of rotatable bonds is 2. The van der Waals surface area contributed by atoms with Crippen LogP contribution in [0.2, 0.25) is 0 Å². The third kappa shape index (κ3) is 2.09. The van der Waals surface area contributed by atoms with Crippen LogP contribution in [0, 0.1) is 0 Å². The molecule has 0 unspecified atom stereocenters. The quantitative estimate of drug-likeness (QED) is 0.445. The second-order valence-electron chi connectivity index (χ2n) is 2.28. The van der Waals surface area contributed by atoms with E-state index in [0.29, 0.717) is 11.8 Å². The summed E-state index contributed by atoms with van der Waals surface area (Å²) in [5.41, 5.74) is 0.300. The van der Waals surface area contributed by atoms with Crippen molar-refractivity contribution in [2.75, 3.05) is 0 Å². The summed E-state index contributed by atoms with van der Waals surface area (Å²) in [6.45, 7) is 0. The number of carbonyl (C=O) groups is 1. The third-order valence-corrected chi connectivity index (χ3v) is 2.32. The fourth-order valence-electron chi connectivity index (χ4n) is 0.785. The van der Waals surface area contributed by atoms with Crippen molar-refractivity contribution >= 4 is 19.5 Å². The molecule has 1 aromatic carbocycles. The Hall–Kier alpha value is -0.800. The van der Waals surface area contributed by atoms with Crippen LogP contribution in [0.25, 0.3) is 0 Å². The van der Waals surface area contributed by atoms with Crippen molar-refractivity contribution < 1.29 is 19.5 Å². The zero-order chi connectivity index (χ0) is 9.19. The van der Waals surface area contributed by atoms with Gasteiger partial charge in [-0.05, 0) is 12.1 Å². The van der Waals surface area contributed by atoms with E-state index < -0.39 is 7.94 Å². The largest absolute Gasteiger partial charge is 0.440 e. The lowest BCUT2D eigenvalue weighted by Gasteiger charge is -2.02. The van der Waals surface area contributed by atoms with E-state index in [0.717, 1.165) is 0 Å².